The molecule has 1 heterocycles. The predicted octanol–water partition coefficient (Wildman–Crippen LogP) is 2.05. The zero-order valence-corrected chi connectivity index (χ0v) is 10.6. The van der Waals surface area contributed by atoms with Crippen LogP contribution in [0.25, 0.3) is 0 Å². The third kappa shape index (κ3) is 3.90. The summed E-state index contributed by atoms with van der Waals surface area (Å²) in [7, 11) is 0. The van der Waals surface area contributed by atoms with Crippen molar-refractivity contribution in [2.75, 3.05) is 5.32 Å². The molecular formula is C12H17N5O2. The Hall–Kier alpha value is -2.18. The average Bonchev–Trinajstić information content (AvgIpc) is 2.40. The molecule has 0 saturated heterocycles. The number of nitrogens with one attached hydrogen (secondary N) is 1. The van der Waals surface area contributed by atoms with Crippen molar-refractivity contribution in [2.24, 2.45) is 10.7 Å². The summed E-state index contributed by atoms with van der Waals surface area (Å²) in [6.45, 7) is 0. The standard InChI is InChI=1S/C12H17N5O2/c13-12(15-9-4-2-1-3-5-9)16-11-7-6-10(8-14-11)17(18)19/h6-9H,1-5H2,(H3,13,14,15,16). The van der Waals surface area contributed by atoms with Crippen LogP contribution >= 0.6 is 0 Å². The van der Waals surface area contributed by atoms with Gasteiger partial charge in [-0.1, -0.05) is 19.3 Å². The first-order valence-corrected chi connectivity index (χ1v) is 6.36. The van der Waals surface area contributed by atoms with Gasteiger partial charge in [0.05, 0.1) is 11.0 Å². The summed E-state index contributed by atoms with van der Waals surface area (Å²) < 4.78 is 0. The highest BCUT2D eigenvalue weighted by Crippen LogP contribution is 2.20. The maximum Gasteiger partial charge on any atom is 0.287 e. The van der Waals surface area contributed by atoms with E-state index in [0.717, 1.165) is 12.8 Å². The smallest absolute Gasteiger partial charge is 0.287 e. The lowest BCUT2D eigenvalue weighted by molar-refractivity contribution is -0.385. The zero-order chi connectivity index (χ0) is 13.7. The SMILES string of the molecule is NC(=NC1CCCCC1)Nc1ccc([N+](=O)[O-])cn1. The number of guanidine groups is 1. The van der Waals surface area contributed by atoms with Gasteiger partial charge in [0.1, 0.15) is 12.0 Å². The van der Waals surface area contributed by atoms with E-state index in [4.69, 9.17) is 5.73 Å². The van der Waals surface area contributed by atoms with Crippen LogP contribution < -0.4 is 11.1 Å². The first kappa shape index (κ1) is 13.3. The molecule has 0 radical (unpaired) electrons. The molecule has 0 bridgehead atoms. The van der Waals surface area contributed by atoms with Gasteiger partial charge in [-0.25, -0.2) is 9.98 Å². The summed E-state index contributed by atoms with van der Waals surface area (Å²) in [6.07, 6.45) is 6.97. The normalized spacial score (nSPS) is 17.2. The number of nitro groups is 1. The molecule has 7 heteroatoms. The van der Waals surface area contributed by atoms with E-state index in [-0.39, 0.29) is 11.7 Å². The molecule has 1 aromatic rings. The Morgan fingerprint density at radius 3 is 2.74 bits per heavy atom. The molecule has 1 fully saturated rings. The van der Waals surface area contributed by atoms with Gasteiger partial charge < -0.3 is 11.1 Å². The number of nitrogens with zero attached hydrogens (tertiary/aromatic N) is 3. The number of hydrogen-bond acceptors (Lipinski definition) is 4. The van der Waals surface area contributed by atoms with E-state index in [2.05, 4.69) is 15.3 Å². The number of nitrogens with two attached hydrogens (primary N) is 1. The first-order chi connectivity index (χ1) is 9.15. The van der Waals surface area contributed by atoms with Crippen LogP contribution in [-0.2, 0) is 0 Å². The van der Waals surface area contributed by atoms with Gasteiger partial charge in [0.25, 0.3) is 5.69 Å². The fourth-order valence-corrected chi connectivity index (χ4v) is 2.14. The van der Waals surface area contributed by atoms with Gasteiger partial charge >= 0.3 is 0 Å². The molecule has 1 aliphatic carbocycles. The van der Waals surface area contributed by atoms with Crippen LogP contribution in [0.1, 0.15) is 32.1 Å². The van der Waals surface area contributed by atoms with Crippen LogP contribution in [0.4, 0.5) is 11.5 Å². The summed E-state index contributed by atoms with van der Waals surface area (Å²) in [6, 6.07) is 3.17. The van der Waals surface area contributed by atoms with Crippen molar-refractivity contribution in [1.29, 1.82) is 0 Å². The van der Waals surface area contributed by atoms with Crippen LogP contribution in [0, 0.1) is 10.1 Å². The molecule has 2 rings (SSSR count). The van der Waals surface area contributed by atoms with E-state index in [1.54, 1.807) is 0 Å². The van der Waals surface area contributed by atoms with E-state index < -0.39 is 4.92 Å². The molecule has 1 aromatic heterocycles. The number of aliphatic imine (C=N–C) groups is 1. The monoisotopic (exact) mass is 263 g/mol. The van der Waals surface area contributed by atoms with E-state index in [9.17, 15) is 10.1 Å². The Kier molecular flexibility index (Phi) is 4.27. The molecule has 0 spiro atoms. The first-order valence-electron chi connectivity index (χ1n) is 6.36. The maximum absolute atomic E-state index is 10.5. The number of pyridine rings is 1. The molecule has 3 N–H and O–H groups in total. The molecule has 0 aromatic carbocycles. The molecule has 1 aliphatic rings. The van der Waals surface area contributed by atoms with Crippen molar-refractivity contribution in [3.63, 3.8) is 0 Å². The topological polar surface area (TPSA) is 106 Å². The van der Waals surface area contributed by atoms with Crippen LogP contribution in [0.3, 0.4) is 0 Å². The number of anilines is 1. The molecule has 102 valence electrons. The quantitative estimate of drug-likeness (QED) is 0.375. The Labute approximate surface area is 111 Å². The number of hydrogen-bond donors (Lipinski definition) is 2. The summed E-state index contributed by atoms with van der Waals surface area (Å²) in [5, 5.41) is 13.3. The third-order valence-electron chi connectivity index (χ3n) is 3.11. The van der Waals surface area contributed by atoms with Crippen molar-refractivity contribution < 1.29 is 4.92 Å². The lowest BCUT2D eigenvalue weighted by atomic mass is 9.96. The fraction of sp³-hybridized carbons (Fsp3) is 0.500. The van der Waals surface area contributed by atoms with Crippen molar-refractivity contribution in [3.8, 4) is 0 Å². The minimum Gasteiger partial charge on any atom is -0.370 e. The lowest BCUT2D eigenvalue weighted by Crippen LogP contribution is -2.26. The Bertz CT molecular complexity index is 466. The molecule has 0 amide bonds. The van der Waals surface area contributed by atoms with Gasteiger partial charge in [-0.3, -0.25) is 10.1 Å². The molecule has 19 heavy (non-hydrogen) atoms. The second-order valence-electron chi connectivity index (χ2n) is 4.59. The molecule has 7 nitrogen and oxygen atoms in total. The predicted molar refractivity (Wildman–Crippen MR) is 73.0 cm³/mol. The summed E-state index contributed by atoms with van der Waals surface area (Å²) in [5.74, 6) is 0.774. The van der Waals surface area contributed by atoms with Gasteiger partial charge in [0.2, 0.25) is 0 Å². The van der Waals surface area contributed by atoms with Crippen molar-refractivity contribution >= 4 is 17.5 Å². The fourth-order valence-electron chi connectivity index (χ4n) is 2.14. The molecular weight excluding hydrogens is 246 g/mol. The molecule has 0 aliphatic heterocycles. The second-order valence-corrected chi connectivity index (χ2v) is 4.59. The van der Waals surface area contributed by atoms with E-state index in [1.165, 1.54) is 37.6 Å². The van der Waals surface area contributed by atoms with Crippen LogP contribution in [-0.4, -0.2) is 21.9 Å². The minimum absolute atomic E-state index is 0.0478. The summed E-state index contributed by atoms with van der Waals surface area (Å²) in [5.41, 5.74) is 5.75. The van der Waals surface area contributed by atoms with Gasteiger partial charge in [0, 0.05) is 6.07 Å². The van der Waals surface area contributed by atoms with Crippen molar-refractivity contribution in [2.45, 2.75) is 38.1 Å². The Morgan fingerprint density at radius 2 is 2.16 bits per heavy atom. The van der Waals surface area contributed by atoms with Crippen LogP contribution in [0.2, 0.25) is 0 Å². The number of aromatic nitrogens is 1. The highest BCUT2D eigenvalue weighted by molar-refractivity contribution is 5.91. The van der Waals surface area contributed by atoms with E-state index in [0.29, 0.717) is 11.8 Å². The van der Waals surface area contributed by atoms with Gasteiger partial charge in [0.15, 0.2) is 5.96 Å². The highest BCUT2D eigenvalue weighted by Gasteiger charge is 2.12. The zero-order valence-electron chi connectivity index (χ0n) is 10.6. The Morgan fingerprint density at radius 1 is 1.42 bits per heavy atom. The third-order valence-corrected chi connectivity index (χ3v) is 3.11. The van der Waals surface area contributed by atoms with E-state index in [1.807, 2.05) is 0 Å². The molecule has 0 atom stereocenters. The van der Waals surface area contributed by atoms with Gasteiger partial charge in [-0.05, 0) is 18.9 Å². The second kappa shape index (κ2) is 6.12. The Balaban J connectivity index is 1.95. The summed E-state index contributed by atoms with van der Waals surface area (Å²) in [4.78, 5) is 18.3. The summed E-state index contributed by atoms with van der Waals surface area (Å²) >= 11 is 0. The lowest BCUT2D eigenvalue weighted by Gasteiger charge is -2.18. The highest BCUT2D eigenvalue weighted by atomic mass is 16.6. The van der Waals surface area contributed by atoms with Crippen LogP contribution in [0.15, 0.2) is 23.3 Å². The molecule has 0 unspecified atom stereocenters. The van der Waals surface area contributed by atoms with Gasteiger partial charge in [-0.15, -0.1) is 0 Å². The average molecular weight is 263 g/mol. The maximum atomic E-state index is 10.5. The number of rotatable bonds is 3. The van der Waals surface area contributed by atoms with Gasteiger partial charge in [-0.2, -0.15) is 0 Å². The minimum atomic E-state index is -0.490. The molecule has 1 saturated carbocycles. The largest absolute Gasteiger partial charge is 0.370 e. The van der Waals surface area contributed by atoms with E-state index >= 15 is 0 Å². The van der Waals surface area contributed by atoms with Crippen LogP contribution in [0.5, 0.6) is 0 Å². The van der Waals surface area contributed by atoms with Crippen molar-refractivity contribution in [3.05, 3.63) is 28.4 Å². The van der Waals surface area contributed by atoms with Crippen molar-refractivity contribution in [1.82, 2.24) is 4.98 Å².